The minimum atomic E-state index is -1.22. The van der Waals surface area contributed by atoms with Gasteiger partial charge < -0.3 is 10.0 Å². The Hall–Kier alpha value is -2.80. The van der Waals surface area contributed by atoms with Crippen LogP contribution in [-0.4, -0.2) is 24.2 Å². The van der Waals surface area contributed by atoms with Crippen molar-refractivity contribution in [3.05, 3.63) is 59.7 Å². The van der Waals surface area contributed by atoms with E-state index in [1.807, 2.05) is 12.2 Å². The molecule has 0 aliphatic heterocycles. The summed E-state index contributed by atoms with van der Waals surface area (Å²) in [5, 5.41) is 17.3. The number of benzene rings is 1. The van der Waals surface area contributed by atoms with Gasteiger partial charge in [0, 0.05) is 18.8 Å². The third-order valence-electron chi connectivity index (χ3n) is 3.37. The first-order valence-electron chi connectivity index (χ1n) is 8.15. The summed E-state index contributed by atoms with van der Waals surface area (Å²) < 4.78 is 0. The van der Waals surface area contributed by atoms with E-state index in [0.717, 1.165) is 31.5 Å². The van der Waals surface area contributed by atoms with Gasteiger partial charge in [-0.1, -0.05) is 50.3 Å². The maximum atomic E-state index is 10.6. The maximum Gasteiger partial charge on any atom is 0.346 e. The number of carboxylic acid groups (broad SMARTS) is 1. The summed E-state index contributed by atoms with van der Waals surface area (Å²) in [6.07, 6.45) is 10.5. The third-order valence-corrected chi connectivity index (χ3v) is 3.37. The second-order valence-corrected chi connectivity index (χ2v) is 5.32. The van der Waals surface area contributed by atoms with Gasteiger partial charge in [0.2, 0.25) is 0 Å². The highest BCUT2D eigenvalue weighted by molar-refractivity contribution is 5.91. The first-order valence-corrected chi connectivity index (χ1v) is 8.15. The minimum Gasteiger partial charge on any atom is -0.477 e. The molecule has 1 N–H and O–H groups in total. The number of anilines is 1. The van der Waals surface area contributed by atoms with Crippen molar-refractivity contribution in [1.82, 2.24) is 0 Å². The second-order valence-electron chi connectivity index (χ2n) is 5.32. The molecule has 0 unspecified atom stereocenters. The number of carbonyl (C=O) groups is 1. The van der Waals surface area contributed by atoms with Crippen LogP contribution in [0.5, 0.6) is 0 Å². The predicted molar refractivity (Wildman–Crippen MR) is 98.7 cm³/mol. The largest absolute Gasteiger partial charge is 0.477 e. The van der Waals surface area contributed by atoms with Crippen LogP contribution >= 0.6 is 0 Å². The summed E-state index contributed by atoms with van der Waals surface area (Å²) in [5.41, 5.74) is 2.02. The topological polar surface area (TPSA) is 64.3 Å². The van der Waals surface area contributed by atoms with Gasteiger partial charge in [-0.3, -0.25) is 0 Å². The number of aliphatic carboxylic acids is 1. The lowest BCUT2D eigenvalue weighted by molar-refractivity contribution is -0.132. The van der Waals surface area contributed by atoms with E-state index < -0.39 is 5.97 Å². The average Bonchev–Trinajstić information content (AvgIpc) is 2.58. The molecular weight excluding hydrogens is 300 g/mol. The highest BCUT2D eigenvalue weighted by Crippen LogP contribution is 2.17. The number of allylic oxidation sites excluding steroid dienone is 4. The summed E-state index contributed by atoms with van der Waals surface area (Å²) in [7, 11) is 0. The molecule has 1 aromatic carbocycles. The molecule has 24 heavy (non-hydrogen) atoms. The molecule has 0 atom stereocenters. The summed E-state index contributed by atoms with van der Waals surface area (Å²) >= 11 is 0. The molecule has 126 valence electrons. The van der Waals surface area contributed by atoms with Crippen molar-refractivity contribution in [2.45, 2.75) is 26.7 Å². The Balaban J connectivity index is 2.70. The van der Waals surface area contributed by atoms with Crippen molar-refractivity contribution >= 4 is 17.7 Å². The van der Waals surface area contributed by atoms with Crippen molar-refractivity contribution in [2.75, 3.05) is 18.0 Å². The van der Waals surface area contributed by atoms with Crippen LogP contribution in [0.25, 0.3) is 6.08 Å². The number of carboxylic acids is 1. The minimum absolute atomic E-state index is 0.282. The Bertz CT molecular complexity index is 643. The highest BCUT2D eigenvalue weighted by Gasteiger charge is 2.03. The van der Waals surface area contributed by atoms with Crippen molar-refractivity contribution in [3.8, 4) is 6.07 Å². The molecule has 4 heteroatoms. The molecule has 0 amide bonds. The first kappa shape index (κ1) is 19.2. The van der Waals surface area contributed by atoms with Crippen molar-refractivity contribution < 1.29 is 9.90 Å². The number of hydrogen-bond acceptors (Lipinski definition) is 3. The summed E-state index contributed by atoms with van der Waals surface area (Å²) in [6.45, 7) is 6.48. The van der Waals surface area contributed by atoms with Crippen LogP contribution < -0.4 is 4.90 Å². The molecule has 0 saturated carbocycles. The van der Waals surface area contributed by atoms with E-state index >= 15 is 0 Å². The lowest BCUT2D eigenvalue weighted by Gasteiger charge is -2.23. The van der Waals surface area contributed by atoms with E-state index in [1.165, 1.54) is 11.8 Å². The first-order chi connectivity index (χ1) is 11.6. The number of nitriles is 1. The Labute approximate surface area is 144 Å². The molecule has 0 aliphatic carbocycles. The Morgan fingerprint density at radius 1 is 1.12 bits per heavy atom. The Kier molecular flexibility index (Phi) is 8.70. The molecule has 1 aromatic rings. The smallest absolute Gasteiger partial charge is 0.346 e. The van der Waals surface area contributed by atoms with Gasteiger partial charge >= 0.3 is 5.97 Å². The normalized spacial score (nSPS) is 11.8. The predicted octanol–water partition coefficient (Wildman–Crippen LogP) is 4.42. The fraction of sp³-hybridized carbons (Fsp3) is 0.300. The lowest BCUT2D eigenvalue weighted by Crippen LogP contribution is -2.24. The van der Waals surface area contributed by atoms with Crippen LogP contribution in [-0.2, 0) is 4.79 Å². The maximum absolute atomic E-state index is 10.6. The van der Waals surface area contributed by atoms with Gasteiger partial charge in [0.25, 0.3) is 0 Å². The molecule has 0 saturated heterocycles. The SMILES string of the molecule is CCCN(CCC)c1ccc(/C=C/C=C/C=C(\C#N)C(=O)O)cc1. The Morgan fingerprint density at radius 2 is 1.75 bits per heavy atom. The van der Waals surface area contributed by atoms with Crippen molar-refractivity contribution in [3.63, 3.8) is 0 Å². The molecule has 1 rings (SSSR count). The second kappa shape index (κ2) is 10.8. The lowest BCUT2D eigenvalue weighted by atomic mass is 10.1. The van der Waals surface area contributed by atoms with E-state index in [0.29, 0.717) is 0 Å². The van der Waals surface area contributed by atoms with Gasteiger partial charge in [-0.2, -0.15) is 5.26 Å². The van der Waals surface area contributed by atoms with Crippen LogP contribution in [0.2, 0.25) is 0 Å². The van der Waals surface area contributed by atoms with Gasteiger partial charge in [0.15, 0.2) is 0 Å². The number of nitrogens with zero attached hydrogens (tertiary/aromatic N) is 2. The van der Waals surface area contributed by atoms with Crippen molar-refractivity contribution in [2.24, 2.45) is 0 Å². The molecule has 4 nitrogen and oxygen atoms in total. The molecule has 0 spiro atoms. The van der Waals surface area contributed by atoms with E-state index in [-0.39, 0.29) is 5.57 Å². The van der Waals surface area contributed by atoms with Gasteiger partial charge in [-0.15, -0.1) is 0 Å². The molecule has 0 aliphatic rings. The van der Waals surface area contributed by atoms with E-state index in [2.05, 4.69) is 43.0 Å². The van der Waals surface area contributed by atoms with Crippen LogP contribution in [0.1, 0.15) is 32.3 Å². The van der Waals surface area contributed by atoms with Gasteiger partial charge in [-0.25, -0.2) is 4.79 Å². The molecule has 0 heterocycles. The van der Waals surface area contributed by atoms with Crippen molar-refractivity contribution in [1.29, 1.82) is 5.26 Å². The van der Waals surface area contributed by atoms with Gasteiger partial charge in [0.05, 0.1) is 0 Å². The Morgan fingerprint density at radius 3 is 2.25 bits per heavy atom. The van der Waals surface area contributed by atoms with Gasteiger partial charge in [-0.05, 0) is 36.6 Å². The third kappa shape index (κ3) is 6.53. The fourth-order valence-electron chi connectivity index (χ4n) is 2.25. The highest BCUT2D eigenvalue weighted by atomic mass is 16.4. The average molecular weight is 324 g/mol. The standard InChI is InChI=1S/C20H24N2O2/c1-3-14-22(15-4-2)19-12-10-17(11-13-19)8-6-5-7-9-18(16-21)20(23)24/h5-13H,3-4,14-15H2,1-2H3,(H,23,24)/b7-5+,8-6+,18-9+. The quantitative estimate of drug-likeness (QED) is 0.415. The summed E-state index contributed by atoms with van der Waals surface area (Å²) in [6, 6.07) is 9.99. The summed E-state index contributed by atoms with van der Waals surface area (Å²) in [4.78, 5) is 13.0. The molecule has 0 radical (unpaired) electrons. The zero-order chi connectivity index (χ0) is 17.8. The van der Waals surface area contributed by atoms with Crippen LogP contribution in [0.15, 0.2) is 54.1 Å². The monoisotopic (exact) mass is 324 g/mol. The molecule has 0 aromatic heterocycles. The number of rotatable bonds is 9. The zero-order valence-corrected chi connectivity index (χ0v) is 14.3. The zero-order valence-electron chi connectivity index (χ0n) is 14.3. The van der Waals surface area contributed by atoms with Crippen LogP contribution in [0.3, 0.4) is 0 Å². The summed E-state index contributed by atoms with van der Waals surface area (Å²) in [5.74, 6) is -1.22. The molecular formula is C20H24N2O2. The fourth-order valence-corrected chi connectivity index (χ4v) is 2.25. The van der Waals surface area contributed by atoms with E-state index in [4.69, 9.17) is 10.4 Å². The van der Waals surface area contributed by atoms with E-state index in [9.17, 15) is 4.79 Å². The van der Waals surface area contributed by atoms with Crippen LogP contribution in [0.4, 0.5) is 5.69 Å². The van der Waals surface area contributed by atoms with Crippen LogP contribution in [0, 0.1) is 11.3 Å². The molecule has 0 bridgehead atoms. The van der Waals surface area contributed by atoms with Gasteiger partial charge in [0.1, 0.15) is 11.6 Å². The molecule has 0 fully saturated rings. The number of hydrogen-bond donors (Lipinski definition) is 1. The van der Waals surface area contributed by atoms with E-state index in [1.54, 1.807) is 18.2 Å².